The molecule has 2 amide bonds. The number of benzene rings is 2. The number of rotatable bonds is 9. The summed E-state index contributed by atoms with van der Waals surface area (Å²) in [6.07, 6.45) is 3.18. The Morgan fingerprint density at radius 3 is 2.46 bits per heavy atom. The molecule has 0 aliphatic carbocycles. The number of carbonyl (C=O) groups excluding carboxylic acids is 2. The van der Waals surface area contributed by atoms with Crippen molar-refractivity contribution in [1.82, 2.24) is 20.7 Å². The van der Waals surface area contributed by atoms with Gasteiger partial charge in [-0.15, -0.1) is 0 Å². The van der Waals surface area contributed by atoms with E-state index in [1.54, 1.807) is 12.1 Å². The molecule has 0 unspecified atom stereocenters. The van der Waals surface area contributed by atoms with E-state index in [9.17, 15) is 22.4 Å². The molecule has 2 aromatic rings. The highest BCUT2D eigenvalue weighted by Gasteiger charge is 2.40. The van der Waals surface area contributed by atoms with Crippen LogP contribution in [0.4, 0.5) is 4.39 Å². The molecule has 3 rings (SSSR count). The molecule has 0 atom stereocenters. The predicted molar refractivity (Wildman–Crippen MR) is 133 cm³/mol. The van der Waals surface area contributed by atoms with Gasteiger partial charge in [-0.25, -0.2) is 17.5 Å². The Balaban J connectivity index is 1.58. The largest absolute Gasteiger partial charge is 0.353 e. The van der Waals surface area contributed by atoms with Gasteiger partial charge in [0.15, 0.2) is 0 Å². The minimum atomic E-state index is -3.70. The third-order valence-corrected chi connectivity index (χ3v) is 7.38. The lowest BCUT2D eigenvalue weighted by molar-refractivity contribution is -0.133. The van der Waals surface area contributed by atoms with Crippen LogP contribution in [0.15, 0.2) is 53.4 Å². The Kier molecular flexibility index (Phi) is 9.01. The molecule has 8 nitrogen and oxygen atoms in total. The monoisotopic (exact) mass is 522 g/mol. The van der Waals surface area contributed by atoms with Crippen LogP contribution in [-0.4, -0.2) is 52.0 Å². The van der Waals surface area contributed by atoms with Gasteiger partial charge in [0.25, 0.3) is 0 Å². The second-order valence-electron chi connectivity index (χ2n) is 8.29. The number of hydrogen-bond donors (Lipinski definition) is 4. The molecular weight excluding hydrogens is 495 g/mol. The van der Waals surface area contributed by atoms with E-state index in [0.717, 1.165) is 11.6 Å². The zero-order valence-corrected chi connectivity index (χ0v) is 20.8. The first-order chi connectivity index (χ1) is 16.6. The summed E-state index contributed by atoms with van der Waals surface area (Å²) in [4.78, 5) is 25.7. The molecular formula is C24H28ClFN4O4S. The van der Waals surface area contributed by atoms with E-state index < -0.39 is 33.2 Å². The van der Waals surface area contributed by atoms with Crippen LogP contribution in [0.3, 0.4) is 0 Å². The van der Waals surface area contributed by atoms with Crippen molar-refractivity contribution in [3.8, 4) is 0 Å². The molecule has 1 heterocycles. The second kappa shape index (κ2) is 11.8. The molecule has 1 saturated heterocycles. The highest BCUT2D eigenvalue weighted by Crippen LogP contribution is 2.20. The lowest BCUT2D eigenvalue weighted by atomic mass is 9.87. The molecule has 35 heavy (non-hydrogen) atoms. The molecule has 0 bridgehead atoms. The topological polar surface area (TPSA) is 116 Å². The molecule has 0 aromatic heterocycles. The zero-order valence-electron chi connectivity index (χ0n) is 19.2. The van der Waals surface area contributed by atoms with E-state index in [2.05, 4.69) is 20.7 Å². The fourth-order valence-corrected chi connectivity index (χ4v) is 4.86. The number of hydrogen-bond acceptors (Lipinski definition) is 5. The highest BCUT2D eigenvalue weighted by molar-refractivity contribution is 7.89. The molecule has 0 radical (unpaired) electrons. The predicted octanol–water partition coefficient (Wildman–Crippen LogP) is 2.13. The van der Waals surface area contributed by atoms with Crippen molar-refractivity contribution in [1.29, 1.82) is 0 Å². The zero-order chi connectivity index (χ0) is 25.5. The van der Waals surface area contributed by atoms with Gasteiger partial charge in [0, 0.05) is 29.8 Å². The Labute approximate surface area is 209 Å². The summed E-state index contributed by atoms with van der Waals surface area (Å²) >= 11 is 5.74. The van der Waals surface area contributed by atoms with Gasteiger partial charge >= 0.3 is 0 Å². The summed E-state index contributed by atoms with van der Waals surface area (Å²) in [5.41, 5.74) is -0.0333. The number of nitrogens with one attached hydrogen (secondary N) is 4. The van der Waals surface area contributed by atoms with Gasteiger partial charge < -0.3 is 16.0 Å². The van der Waals surface area contributed by atoms with Gasteiger partial charge in [0.2, 0.25) is 21.8 Å². The van der Waals surface area contributed by atoms with Crippen LogP contribution < -0.4 is 20.7 Å². The maximum atomic E-state index is 14.0. The highest BCUT2D eigenvalue weighted by atomic mass is 35.5. The number of carbonyl (C=O) groups is 2. The molecule has 0 saturated carbocycles. The molecule has 2 aromatic carbocycles. The number of sulfonamides is 1. The quantitative estimate of drug-likeness (QED) is 0.297. The van der Waals surface area contributed by atoms with Crippen LogP contribution >= 0.6 is 11.6 Å². The van der Waals surface area contributed by atoms with Crippen LogP contribution in [0.1, 0.15) is 24.0 Å². The SMILES string of the molecule is Cc1ccc(S(=O)(=O)NCCNC(=O)C2(NC(=O)C=Cc3ccc(Cl)cc3F)CCNCC2)cc1. The van der Waals surface area contributed by atoms with Crippen LogP contribution in [0.25, 0.3) is 6.08 Å². The number of piperidine rings is 1. The Hall–Kier alpha value is -2.79. The lowest BCUT2D eigenvalue weighted by Gasteiger charge is -2.36. The van der Waals surface area contributed by atoms with Crippen LogP contribution in [-0.2, 0) is 19.6 Å². The van der Waals surface area contributed by atoms with Crippen molar-refractivity contribution in [2.45, 2.75) is 30.2 Å². The van der Waals surface area contributed by atoms with Gasteiger partial charge in [-0.1, -0.05) is 35.4 Å². The molecule has 11 heteroatoms. The average molecular weight is 523 g/mol. The van der Waals surface area contributed by atoms with E-state index in [-0.39, 0.29) is 28.6 Å². The summed E-state index contributed by atoms with van der Waals surface area (Å²) in [6.45, 7) is 2.92. The first-order valence-electron chi connectivity index (χ1n) is 11.1. The van der Waals surface area contributed by atoms with Gasteiger partial charge in [-0.2, -0.15) is 0 Å². The van der Waals surface area contributed by atoms with Gasteiger partial charge in [-0.3, -0.25) is 9.59 Å². The third kappa shape index (κ3) is 7.35. The molecule has 1 aliphatic rings. The smallest absolute Gasteiger partial charge is 0.245 e. The minimum absolute atomic E-state index is 0.0139. The fraction of sp³-hybridized carbons (Fsp3) is 0.333. The summed E-state index contributed by atoms with van der Waals surface area (Å²) < 4.78 is 41.2. The maximum Gasteiger partial charge on any atom is 0.245 e. The van der Waals surface area contributed by atoms with Crippen LogP contribution in [0, 0.1) is 12.7 Å². The standard InChI is InChI=1S/C24H28ClFN4O4S/c1-17-2-7-20(8-3-17)35(33,34)29-15-14-28-23(32)24(10-12-27-13-11-24)30-22(31)9-5-18-4-6-19(25)16-21(18)26/h2-9,16,27,29H,10-15H2,1H3,(H,28,32)(H,30,31). The normalized spacial score (nSPS) is 15.6. The lowest BCUT2D eigenvalue weighted by Crippen LogP contribution is -2.63. The first-order valence-corrected chi connectivity index (χ1v) is 13.0. The van der Waals surface area contributed by atoms with Crippen LogP contribution in [0.5, 0.6) is 0 Å². The maximum absolute atomic E-state index is 14.0. The van der Waals surface area contributed by atoms with E-state index in [4.69, 9.17) is 11.6 Å². The number of halogens is 2. The Bertz CT molecular complexity index is 1200. The van der Waals surface area contributed by atoms with Gasteiger partial charge in [-0.05, 0) is 63.2 Å². The average Bonchev–Trinajstić information content (AvgIpc) is 2.82. The molecule has 0 spiro atoms. The Morgan fingerprint density at radius 2 is 1.80 bits per heavy atom. The van der Waals surface area contributed by atoms with Crippen molar-refractivity contribution in [2.24, 2.45) is 0 Å². The van der Waals surface area contributed by atoms with Crippen molar-refractivity contribution >= 4 is 39.5 Å². The van der Waals surface area contributed by atoms with E-state index in [0.29, 0.717) is 25.9 Å². The van der Waals surface area contributed by atoms with Crippen molar-refractivity contribution in [3.63, 3.8) is 0 Å². The van der Waals surface area contributed by atoms with Gasteiger partial charge in [0.05, 0.1) is 4.90 Å². The van der Waals surface area contributed by atoms with Crippen molar-refractivity contribution in [2.75, 3.05) is 26.2 Å². The van der Waals surface area contributed by atoms with Crippen molar-refractivity contribution in [3.05, 3.63) is 70.5 Å². The second-order valence-corrected chi connectivity index (χ2v) is 10.5. The Morgan fingerprint density at radius 1 is 1.11 bits per heavy atom. The molecule has 1 fully saturated rings. The minimum Gasteiger partial charge on any atom is -0.353 e. The van der Waals surface area contributed by atoms with E-state index >= 15 is 0 Å². The third-order valence-electron chi connectivity index (χ3n) is 5.66. The van der Waals surface area contributed by atoms with E-state index in [1.165, 1.54) is 36.4 Å². The molecule has 4 N–H and O–H groups in total. The summed E-state index contributed by atoms with van der Waals surface area (Å²) in [6, 6.07) is 10.5. The summed E-state index contributed by atoms with van der Waals surface area (Å²) in [5.74, 6) is -1.52. The molecule has 1 aliphatic heterocycles. The summed E-state index contributed by atoms with van der Waals surface area (Å²) in [7, 11) is -3.70. The van der Waals surface area contributed by atoms with Crippen LogP contribution in [0.2, 0.25) is 5.02 Å². The first kappa shape index (κ1) is 26.8. The molecule has 188 valence electrons. The van der Waals surface area contributed by atoms with Gasteiger partial charge in [0.1, 0.15) is 11.4 Å². The number of amides is 2. The number of aryl methyl sites for hydroxylation is 1. The fourth-order valence-electron chi connectivity index (χ4n) is 3.67. The summed E-state index contributed by atoms with van der Waals surface area (Å²) in [5, 5.41) is 8.86. The van der Waals surface area contributed by atoms with Crippen molar-refractivity contribution < 1.29 is 22.4 Å². The van der Waals surface area contributed by atoms with E-state index in [1.807, 2.05) is 6.92 Å².